The average Bonchev–Trinajstić information content (AvgIpc) is 2.48. The fourth-order valence-electron chi connectivity index (χ4n) is 2.01. The highest BCUT2D eigenvalue weighted by Crippen LogP contribution is 2.24. The van der Waals surface area contributed by atoms with Crippen molar-refractivity contribution >= 4 is 15.9 Å². The molecule has 0 aliphatic rings. The third-order valence-electron chi connectivity index (χ3n) is 2.99. The minimum Gasteiger partial charge on any atom is -0.256 e. The smallest absolute Gasteiger partial charge is 0.0702 e. The quantitative estimate of drug-likeness (QED) is 0.635. The van der Waals surface area contributed by atoms with Crippen LogP contribution in [0.2, 0.25) is 0 Å². The van der Waals surface area contributed by atoms with Crippen molar-refractivity contribution < 1.29 is 0 Å². The molecule has 19 heavy (non-hydrogen) atoms. The summed E-state index contributed by atoms with van der Waals surface area (Å²) in [5.74, 6) is 0. The van der Waals surface area contributed by atoms with Crippen LogP contribution in [0.25, 0.3) is 22.4 Å². The van der Waals surface area contributed by atoms with E-state index in [0.29, 0.717) is 0 Å². The van der Waals surface area contributed by atoms with Crippen LogP contribution in [0.4, 0.5) is 0 Å². The van der Waals surface area contributed by atoms with Crippen molar-refractivity contribution in [3.63, 3.8) is 0 Å². The summed E-state index contributed by atoms with van der Waals surface area (Å²) in [5.41, 5.74) is 4.44. The number of halogens is 1. The number of hydrogen-bond donors (Lipinski definition) is 0. The van der Waals surface area contributed by atoms with Crippen LogP contribution in [-0.2, 0) is 0 Å². The molecule has 0 N–H and O–H groups in total. The SMILES string of the molecule is Brc1cccc(-c2ccc(-c3ccccc3)cn2)c1. The molecule has 0 aliphatic heterocycles. The Morgan fingerprint density at radius 2 is 1.47 bits per heavy atom. The number of nitrogens with zero attached hydrogens (tertiary/aromatic N) is 1. The normalized spacial score (nSPS) is 10.4. The highest BCUT2D eigenvalue weighted by molar-refractivity contribution is 9.10. The molecule has 0 saturated heterocycles. The highest BCUT2D eigenvalue weighted by Gasteiger charge is 2.01. The van der Waals surface area contributed by atoms with Gasteiger partial charge in [-0.05, 0) is 23.8 Å². The van der Waals surface area contributed by atoms with E-state index in [1.54, 1.807) is 0 Å². The third-order valence-corrected chi connectivity index (χ3v) is 3.48. The molecule has 0 unspecified atom stereocenters. The Kier molecular flexibility index (Phi) is 3.43. The lowest BCUT2D eigenvalue weighted by Gasteiger charge is -2.04. The molecule has 0 amide bonds. The molecule has 2 heteroatoms. The van der Waals surface area contributed by atoms with Gasteiger partial charge in [0.15, 0.2) is 0 Å². The fourth-order valence-corrected chi connectivity index (χ4v) is 2.41. The summed E-state index contributed by atoms with van der Waals surface area (Å²) in [6.45, 7) is 0. The molecule has 1 nitrogen and oxygen atoms in total. The molecule has 0 aliphatic carbocycles. The van der Waals surface area contributed by atoms with E-state index in [4.69, 9.17) is 0 Å². The van der Waals surface area contributed by atoms with Gasteiger partial charge in [0.25, 0.3) is 0 Å². The fraction of sp³-hybridized carbons (Fsp3) is 0. The zero-order valence-electron chi connectivity index (χ0n) is 10.3. The van der Waals surface area contributed by atoms with Gasteiger partial charge in [0, 0.05) is 21.8 Å². The van der Waals surface area contributed by atoms with Crippen LogP contribution in [-0.4, -0.2) is 4.98 Å². The van der Waals surface area contributed by atoms with Gasteiger partial charge in [0.2, 0.25) is 0 Å². The summed E-state index contributed by atoms with van der Waals surface area (Å²) in [7, 11) is 0. The summed E-state index contributed by atoms with van der Waals surface area (Å²) < 4.78 is 1.07. The first-order valence-electron chi connectivity index (χ1n) is 6.10. The van der Waals surface area contributed by atoms with Gasteiger partial charge in [0.1, 0.15) is 0 Å². The third kappa shape index (κ3) is 2.74. The summed E-state index contributed by atoms with van der Waals surface area (Å²) in [6, 6.07) is 22.6. The van der Waals surface area contributed by atoms with E-state index in [9.17, 15) is 0 Å². The van der Waals surface area contributed by atoms with Crippen molar-refractivity contribution in [3.8, 4) is 22.4 Å². The van der Waals surface area contributed by atoms with Crippen molar-refractivity contribution in [2.45, 2.75) is 0 Å². The molecule has 0 spiro atoms. The van der Waals surface area contributed by atoms with Gasteiger partial charge in [-0.25, -0.2) is 0 Å². The van der Waals surface area contributed by atoms with Gasteiger partial charge in [-0.3, -0.25) is 4.98 Å². The second-order valence-corrected chi connectivity index (χ2v) is 5.22. The molecule has 0 fully saturated rings. The van der Waals surface area contributed by atoms with Crippen LogP contribution in [0.15, 0.2) is 77.4 Å². The van der Waals surface area contributed by atoms with Gasteiger partial charge in [-0.15, -0.1) is 0 Å². The topological polar surface area (TPSA) is 12.9 Å². The Hall–Kier alpha value is -1.93. The molecule has 3 rings (SSSR count). The van der Waals surface area contributed by atoms with Crippen LogP contribution >= 0.6 is 15.9 Å². The number of pyridine rings is 1. The van der Waals surface area contributed by atoms with Crippen molar-refractivity contribution in [3.05, 3.63) is 77.4 Å². The van der Waals surface area contributed by atoms with E-state index in [-0.39, 0.29) is 0 Å². The lowest BCUT2D eigenvalue weighted by Crippen LogP contribution is -1.85. The molecular weight excluding hydrogens is 298 g/mol. The van der Waals surface area contributed by atoms with E-state index < -0.39 is 0 Å². The lowest BCUT2D eigenvalue weighted by molar-refractivity contribution is 1.32. The maximum Gasteiger partial charge on any atom is 0.0702 e. The first kappa shape index (κ1) is 12.1. The van der Waals surface area contributed by atoms with Crippen LogP contribution in [0.1, 0.15) is 0 Å². The van der Waals surface area contributed by atoms with Crippen LogP contribution < -0.4 is 0 Å². The second kappa shape index (κ2) is 5.37. The number of benzene rings is 2. The molecule has 92 valence electrons. The Labute approximate surface area is 121 Å². The first-order valence-corrected chi connectivity index (χ1v) is 6.90. The van der Waals surface area contributed by atoms with Gasteiger partial charge in [0.05, 0.1) is 5.69 Å². The maximum atomic E-state index is 4.55. The molecule has 0 atom stereocenters. The largest absolute Gasteiger partial charge is 0.256 e. The van der Waals surface area contributed by atoms with E-state index in [0.717, 1.165) is 21.3 Å². The minimum absolute atomic E-state index is 0.987. The standard InChI is InChI=1S/C17H12BrN/c18-16-8-4-7-14(11-16)17-10-9-15(12-19-17)13-5-2-1-3-6-13/h1-12H. The van der Waals surface area contributed by atoms with Gasteiger partial charge in [-0.1, -0.05) is 64.5 Å². The summed E-state index contributed by atoms with van der Waals surface area (Å²) in [5, 5.41) is 0. The molecule has 1 aromatic heterocycles. The Balaban J connectivity index is 1.95. The molecule has 0 saturated carbocycles. The van der Waals surface area contributed by atoms with E-state index >= 15 is 0 Å². The van der Waals surface area contributed by atoms with Crippen molar-refractivity contribution in [2.75, 3.05) is 0 Å². The number of rotatable bonds is 2. The summed E-state index contributed by atoms with van der Waals surface area (Å²) in [6.07, 6.45) is 1.92. The zero-order chi connectivity index (χ0) is 13.1. The Morgan fingerprint density at radius 1 is 0.684 bits per heavy atom. The van der Waals surface area contributed by atoms with Gasteiger partial charge >= 0.3 is 0 Å². The summed E-state index contributed by atoms with van der Waals surface area (Å²) in [4.78, 5) is 4.55. The zero-order valence-corrected chi connectivity index (χ0v) is 11.8. The van der Waals surface area contributed by atoms with Gasteiger partial charge < -0.3 is 0 Å². The van der Waals surface area contributed by atoms with Crippen molar-refractivity contribution in [1.82, 2.24) is 4.98 Å². The monoisotopic (exact) mass is 309 g/mol. The molecule has 3 aromatic rings. The first-order chi connectivity index (χ1) is 9.33. The van der Waals surface area contributed by atoms with Crippen LogP contribution in [0, 0.1) is 0 Å². The van der Waals surface area contributed by atoms with Crippen molar-refractivity contribution in [1.29, 1.82) is 0 Å². The summed E-state index contributed by atoms with van der Waals surface area (Å²) >= 11 is 3.48. The minimum atomic E-state index is 0.987. The van der Waals surface area contributed by atoms with E-state index in [1.165, 1.54) is 5.56 Å². The van der Waals surface area contributed by atoms with Gasteiger partial charge in [-0.2, -0.15) is 0 Å². The van der Waals surface area contributed by atoms with E-state index in [2.05, 4.69) is 57.3 Å². The highest BCUT2D eigenvalue weighted by atomic mass is 79.9. The van der Waals surface area contributed by atoms with Crippen LogP contribution in [0.5, 0.6) is 0 Å². The van der Waals surface area contributed by atoms with Crippen molar-refractivity contribution in [2.24, 2.45) is 0 Å². The molecule has 0 bridgehead atoms. The predicted molar refractivity (Wildman–Crippen MR) is 82.8 cm³/mol. The number of hydrogen-bond acceptors (Lipinski definition) is 1. The maximum absolute atomic E-state index is 4.55. The molecular formula is C17H12BrN. The second-order valence-electron chi connectivity index (χ2n) is 4.31. The van der Waals surface area contributed by atoms with Crippen LogP contribution in [0.3, 0.4) is 0 Å². The predicted octanol–water partition coefficient (Wildman–Crippen LogP) is 5.18. The molecule has 2 aromatic carbocycles. The molecule has 1 heterocycles. The average molecular weight is 310 g/mol. The number of aromatic nitrogens is 1. The Morgan fingerprint density at radius 3 is 2.16 bits per heavy atom. The van der Waals surface area contributed by atoms with E-state index in [1.807, 2.05) is 36.5 Å². The lowest BCUT2D eigenvalue weighted by atomic mass is 10.1. The molecule has 0 radical (unpaired) electrons. The Bertz CT molecular complexity index is 675.